The fourth-order valence-electron chi connectivity index (χ4n) is 3.23. The molecule has 3 heteroatoms. The summed E-state index contributed by atoms with van der Waals surface area (Å²) in [7, 11) is 0. The van der Waals surface area contributed by atoms with Crippen molar-refractivity contribution in [3.8, 4) is 0 Å². The van der Waals surface area contributed by atoms with E-state index in [2.05, 4.69) is 36.5 Å². The second-order valence-corrected chi connectivity index (χ2v) is 6.36. The first-order valence-electron chi connectivity index (χ1n) is 8.33. The molecule has 0 bridgehead atoms. The topological polar surface area (TPSA) is 32.3 Å². The smallest absolute Gasteiger partial charge is 0.224 e. The lowest BCUT2D eigenvalue weighted by Gasteiger charge is -2.38. The lowest BCUT2D eigenvalue weighted by molar-refractivity contribution is -0.137. The number of nitrogens with one attached hydrogen (secondary N) is 1. The van der Waals surface area contributed by atoms with Crippen LogP contribution in [0.2, 0.25) is 0 Å². The number of carbonyl (C=O) groups excluding carboxylic acids is 1. The molecule has 1 aliphatic heterocycles. The fraction of sp³-hybridized carbons (Fsp3) is 0.350. The molecule has 23 heavy (non-hydrogen) atoms. The Morgan fingerprint density at radius 2 is 1.61 bits per heavy atom. The molecule has 0 aliphatic carbocycles. The molecule has 0 saturated carbocycles. The monoisotopic (exact) mass is 308 g/mol. The average Bonchev–Trinajstić information content (AvgIpc) is 2.58. The van der Waals surface area contributed by atoms with E-state index in [4.69, 9.17) is 0 Å². The van der Waals surface area contributed by atoms with Gasteiger partial charge in [-0.3, -0.25) is 4.79 Å². The normalized spacial score (nSPS) is 21.4. The molecule has 2 aromatic carbocycles. The summed E-state index contributed by atoms with van der Waals surface area (Å²) in [5.41, 5.74) is 2.46. The number of benzene rings is 2. The number of amides is 1. The van der Waals surface area contributed by atoms with Gasteiger partial charge in [0.15, 0.2) is 0 Å². The van der Waals surface area contributed by atoms with Crippen molar-refractivity contribution in [2.75, 3.05) is 0 Å². The maximum Gasteiger partial charge on any atom is 0.224 e. The summed E-state index contributed by atoms with van der Waals surface area (Å²) in [6.07, 6.45) is 1.59. The van der Waals surface area contributed by atoms with E-state index in [0.717, 1.165) is 13.0 Å². The molecule has 0 spiro atoms. The maximum absolute atomic E-state index is 12.5. The molecule has 120 valence electrons. The highest BCUT2D eigenvalue weighted by molar-refractivity contribution is 5.78. The Morgan fingerprint density at radius 3 is 2.22 bits per heavy atom. The van der Waals surface area contributed by atoms with Crippen LogP contribution in [0, 0.1) is 0 Å². The van der Waals surface area contributed by atoms with Crippen molar-refractivity contribution >= 4 is 5.91 Å². The summed E-state index contributed by atoms with van der Waals surface area (Å²) >= 11 is 0. The SMILES string of the molecule is CC1CC(NCc2ccccc2)CC(=O)N1Cc1ccccc1. The average molecular weight is 308 g/mol. The number of hydrogen-bond donors (Lipinski definition) is 1. The Balaban J connectivity index is 1.55. The molecule has 0 radical (unpaired) electrons. The maximum atomic E-state index is 12.5. The van der Waals surface area contributed by atoms with Crippen LogP contribution in [0.4, 0.5) is 0 Å². The quantitative estimate of drug-likeness (QED) is 0.918. The van der Waals surface area contributed by atoms with E-state index < -0.39 is 0 Å². The summed E-state index contributed by atoms with van der Waals surface area (Å²) in [6.45, 7) is 3.69. The zero-order valence-electron chi connectivity index (χ0n) is 13.6. The molecule has 3 rings (SSSR count). The first-order valence-corrected chi connectivity index (χ1v) is 8.33. The van der Waals surface area contributed by atoms with Crippen LogP contribution in [-0.4, -0.2) is 22.9 Å². The van der Waals surface area contributed by atoms with Crippen molar-refractivity contribution in [2.24, 2.45) is 0 Å². The minimum Gasteiger partial charge on any atom is -0.336 e. The Labute approximate surface area is 138 Å². The van der Waals surface area contributed by atoms with Gasteiger partial charge in [-0.15, -0.1) is 0 Å². The summed E-state index contributed by atoms with van der Waals surface area (Å²) < 4.78 is 0. The van der Waals surface area contributed by atoms with E-state index in [1.165, 1.54) is 11.1 Å². The van der Waals surface area contributed by atoms with Gasteiger partial charge in [0.2, 0.25) is 5.91 Å². The summed E-state index contributed by atoms with van der Waals surface area (Å²) in [6, 6.07) is 21.1. The van der Waals surface area contributed by atoms with Crippen LogP contribution in [0.25, 0.3) is 0 Å². The third-order valence-corrected chi connectivity index (χ3v) is 4.53. The van der Waals surface area contributed by atoms with Gasteiger partial charge in [0.25, 0.3) is 0 Å². The predicted molar refractivity (Wildman–Crippen MR) is 92.8 cm³/mol. The van der Waals surface area contributed by atoms with E-state index in [-0.39, 0.29) is 18.0 Å². The van der Waals surface area contributed by atoms with Gasteiger partial charge in [-0.2, -0.15) is 0 Å². The van der Waals surface area contributed by atoms with Crippen molar-refractivity contribution in [1.82, 2.24) is 10.2 Å². The molecule has 1 aliphatic rings. The third-order valence-electron chi connectivity index (χ3n) is 4.53. The van der Waals surface area contributed by atoms with Gasteiger partial charge >= 0.3 is 0 Å². The third kappa shape index (κ3) is 4.20. The Morgan fingerprint density at radius 1 is 1.00 bits per heavy atom. The Hall–Kier alpha value is -2.13. The highest BCUT2D eigenvalue weighted by atomic mass is 16.2. The molecule has 3 nitrogen and oxygen atoms in total. The van der Waals surface area contributed by atoms with Crippen molar-refractivity contribution in [1.29, 1.82) is 0 Å². The van der Waals surface area contributed by atoms with Crippen molar-refractivity contribution < 1.29 is 4.79 Å². The molecule has 2 atom stereocenters. The van der Waals surface area contributed by atoms with E-state index in [1.807, 2.05) is 41.3 Å². The lowest BCUT2D eigenvalue weighted by Crippen LogP contribution is -2.50. The summed E-state index contributed by atoms with van der Waals surface area (Å²) in [5.74, 6) is 0.248. The standard InChI is InChI=1S/C20H24N2O/c1-16-12-19(21-14-17-8-4-2-5-9-17)13-20(23)22(16)15-18-10-6-3-7-11-18/h2-11,16,19,21H,12-15H2,1H3. The number of hydrogen-bond acceptors (Lipinski definition) is 2. The second kappa shape index (κ2) is 7.42. The fourth-order valence-corrected chi connectivity index (χ4v) is 3.23. The largest absolute Gasteiger partial charge is 0.336 e. The highest BCUT2D eigenvalue weighted by Gasteiger charge is 2.30. The van der Waals surface area contributed by atoms with Crippen molar-refractivity contribution in [2.45, 2.75) is 44.9 Å². The zero-order chi connectivity index (χ0) is 16.1. The van der Waals surface area contributed by atoms with Gasteiger partial charge in [0.05, 0.1) is 0 Å². The zero-order valence-corrected chi connectivity index (χ0v) is 13.6. The molecule has 0 aromatic heterocycles. The molecule has 2 unspecified atom stereocenters. The van der Waals surface area contributed by atoms with Crippen molar-refractivity contribution in [3.63, 3.8) is 0 Å². The first kappa shape index (κ1) is 15.8. The van der Waals surface area contributed by atoms with Gasteiger partial charge in [-0.1, -0.05) is 60.7 Å². The Bertz CT molecular complexity index is 627. The molecule has 1 amide bonds. The van der Waals surface area contributed by atoms with Gasteiger partial charge in [-0.05, 0) is 24.5 Å². The Kier molecular flexibility index (Phi) is 5.09. The number of piperidine rings is 1. The minimum absolute atomic E-state index is 0.248. The molecular weight excluding hydrogens is 284 g/mol. The number of rotatable bonds is 5. The van der Waals surface area contributed by atoms with E-state index in [0.29, 0.717) is 13.0 Å². The summed E-state index contributed by atoms with van der Waals surface area (Å²) in [5, 5.41) is 3.54. The van der Waals surface area contributed by atoms with Crippen molar-refractivity contribution in [3.05, 3.63) is 71.8 Å². The van der Waals surface area contributed by atoms with Crippen LogP contribution < -0.4 is 5.32 Å². The van der Waals surface area contributed by atoms with E-state index in [9.17, 15) is 4.79 Å². The molecule has 1 N–H and O–H groups in total. The molecule has 2 aromatic rings. The molecule has 1 fully saturated rings. The van der Waals surface area contributed by atoms with Crippen LogP contribution in [-0.2, 0) is 17.9 Å². The molecular formula is C20H24N2O. The first-order chi connectivity index (χ1) is 11.2. The van der Waals surface area contributed by atoms with Crippen LogP contribution in [0.1, 0.15) is 30.9 Å². The van der Waals surface area contributed by atoms with Gasteiger partial charge in [-0.25, -0.2) is 0 Å². The minimum atomic E-state index is 0.248. The second-order valence-electron chi connectivity index (χ2n) is 6.36. The van der Waals surface area contributed by atoms with Crippen LogP contribution in [0.5, 0.6) is 0 Å². The van der Waals surface area contributed by atoms with Crippen LogP contribution >= 0.6 is 0 Å². The van der Waals surface area contributed by atoms with Crippen LogP contribution in [0.15, 0.2) is 60.7 Å². The van der Waals surface area contributed by atoms with Gasteiger partial charge in [0.1, 0.15) is 0 Å². The molecule has 1 heterocycles. The van der Waals surface area contributed by atoms with E-state index in [1.54, 1.807) is 0 Å². The predicted octanol–water partition coefficient (Wildman–Crippen LogP) is 3.36. The van der Waals surface area contributed by atoms with E-state index >= 15 is 0 Å². The lowest BCUT2D eigenvalue weighted by atomic mass is 9.96. The number of carbonyl (C=O) groups is 1. The number of nitrogens with zero attached hydrogens (tertiary/aromatic N) is 1. The number of likely N-dealkylation sites (tertiary alicyclic amines) is 1. The van der Waals surface area contributed by atoms with Gasteiger partial charge in [0, 0.05) is 31.6 Å². The van der Waals surface area contributed by atoms with Crippen LogP contribution in [0.3, 0.4) is 0 Å². The summed E-state index contributed by atoms with van der Waals surface area (Å²) in [4.78, 5) is 14.5. The van der Waals surface area contributed by atoms with Gasteiger partial charge < -0.3 is 10.2 Å². The molecule has 1 saturated heterocycles. The highest BCUT2D eigenvalue weighted by Crippen LogP contribution is 2.21.